The van der Waals surface area contributed by atoms with Crippen molar-refractivity contribution in [3.63, 3.8) is 0 Å². The molecule has 39 heavy (non-hydrogen) atoms. The quantitative estimate of drug-likeness (QED) is 0.0601. The first kappa shape index (κ1) is 40.9. The van der Waals surface area contributed by atoms with Crippen LogP contribution in [0, 0.1) is 0 Å². The molecule has 2 unspecified atom stereocenters. The van der Waals surface area contributed by atoms with E-state index in [4.69, 9.17) is 4.74 Å². The summed E-state index contributed by atoms with van der Waals surface area (Å²) in [5.41, 5.74) is 0. The van der Waals surface area contributed by atoms with E-state index in [1.165, 1.54) is 19.3 Å². The number of rotatable bonds is 27. The van der Waals surface area contributed by atoms with E-state index >= 15 is 0 Å². The van der Waals surface area contributed by atoms with Gasteiger partial charge in [-0.1, -0.05) is 90.4 Å². The third-order valence-corrected chi connectivity index (χ3v) is 8.37. The minimum Gasteiger partial charge on any atom is -0.748 e. The molecule has 0 aromatic heterocycles. The molecule has 0 aliphatic carbocycles. The standard InChI is InChI=1S/C30H56O7S.Na/c1-4-5-6-7-8-15-20-25-30(33)37-28(23-18-13-9-11-16-21-26(2)31)29(38(34,35)36)24-19-14-10-12-17-22-27(3)32;/h28-29H,4-25H2,1-3H3,(H,34,35,36);/q;+1/p-1. The summed E-state index contributed by atoms with van der Waals surface area (Å²) >= 11 is 0. The third kappa shape index (κ3) is 26.4. The predicted octanol–water partition coefficient (Wildman–Crippen LogP) is 4.60. The summed E-state index contributed by atoms with van der Waals surface area (Å²) in [5.74, 6) is -0.0642. The summed E-state index contributed by atoms with van der Waals surface area (Å²) in [6.07, 6.45) is 16.7. The number of unbranched alkanes of at least 4 members (excludes halogenated alkanes) is 14. The Morgan fingerprint density at radius 1 is 0.615 bits per heavy atom. The van der Waals surface area contributed by atoms with E-state index in [-0.39, 0.29) is 54.0 Å². The monoisotopic (exact) mass is 582 g/mol. The average molecular weight is 583 g/mol. The van der Waals surface area contributed by atoms with Crippen molar-refractivity contribution in [3.05, 3.63) is 0 Å². The molecule has 0 bridgehead atoms. The van der Waals surface area contributed by atoms with E-state index < -0.39 is 27.4 Å². The maximum absolute atomic E-state index is 12.6. The molecule has 7 nitrogen and oxygen atoms in total. The Hall–Kier alpha value is -0.280. The van der Waals surface area contributed by atoms with Crippen molar-refractivity contribution < 1.29 is 61.6 Å². The van der Waals surface area contributed by atoms with Crippen LogP contribution in [-0.2, 0) is 29.2 Å². The fraction of sp³-hybridized carbons (Fsp3) is 0.900. The second-order valence-corrected chi connectivity index (χ2v) is 12.5. The first-order valence-electron chi connectivity index (χ1n) is 15.2. The number of carbonyl (C=O) groups is 3. The van der Waals surface area contributed by atoms with Crippen LogP contribution in [0.4, 0.5) is 0 Å². The van der Waals surface area contributed by atoms with Gasteiger partial charge in [0.2, 0.25) is 0 Å². The molecule has 0 heterocycles. The average Bonchev–Trinajstić information content (AvgIpc) is 2.82. The van der Waals surface area contributed by atoms with Gasteiger partial charge in [-0.25, -0.2) is 8.42 Å². The van der Waals surface area contributed by atoms with Crippen LogP contribution in [0.3, 0.4) is 0 Å². The van der Waals surface area contributed by atoms with Crippen LogP contribution >= 0.6 is 0 Å². The normalized spacial score (nSPS) is 12.9. The minimum absolute atomic E-state index is 0. The van der Waals surface area contributed by atoms with Crippen molar-refractivity contribution in [2.24, 2.45) is 0 Å². The Kier molecular flexibility index (Phi) is 27.9. The summed E-state index contributed by atoms with van der Waals surface area (Å²) in [5, 5.41) is -1.23. The molecule has 0 aromatic rings. The zero-order chi connectivity index (χ0) is 28.7. The topological polar surface area (TPSA) is 118 Å². The van der Waals surface area contributed by atoms with E-state index in [9.17, 15) is 27.4 Å². The molecule has 0 saturated carbocycles. The molecular weight excluding hydrogens is 527 g/mol. The van der Waals surface area contributed by atoms with Crippen LogP contribution in [0.2, 0.25) is 0 Å². The van der Waals surface area contributed by atoms with Gasteiger partial charge in [0.15, 0.2) is 0 Å². The first-order valence-corrected chi connectivity index (χ1v) is 16.7. The maximum atomic E-state index is 12.6. The fourth-order valence-electron chi connectivity index (χ4n) is 4.79. The molecule has 0 aliphatic heterocycles. The van der Waals surface area contributed by atoms with Crippen molar-refractivity contribution in [3.8, 4) is 0 Å². The molecule has 0 aromatic carbocycles. The Morgan fingerprint density at radius 3 is 1.44 bits per heavy atom. The van der Waals surface area contributed by atoms with Crippen LogP contribution in [-0.4, -0.2) is 41.9 Å². The summed E-state index contributed by atoms with van der Waals surface area (Å²) in [6.45, 7) is 5.33. The van der Waals surface area contributed by atoms with Gasteiger partial charge in [0, 0.05) is 19.3 Å². The van der Waals surface area contributed by atoms with Gasteiger partial charge in [-0.2, -0.15) is 0 Å². The summed E-state index contributed by atoms with van der Waals surface area (Å²) < 4.78 is 42.3. The summed E-state index contributed by atoms with van der Waals surface area (Å²) in [7, 11) is -4.63. The Labute approximate surface area is 261 Å². The van der Waals surface area contributed by atoms with Crippen LogP contribution < -0.4 is 29.6 Å². The van der Waals surface area contributed by atoms with Crippen LogP contribution in [0.25, 0.3) is 0 Å². The second kappa shape index (κ2) is 26.6. The molecule has 2 atom stereocenters. The Bertz CT molecular complexity index is 740. The van der Waals surface area contributed by atoms with Gasteiger partial charge in [-0.05, 0) is 52.4 Å². The zero-order valence-electron chi connectivity index (χ0n) is 25.5. The van der Waals surface area contributed by atoms with Crippen LogP contribution in [0.15, 0.2) is 0 Å². The van der Waals surface area contributed by atoms with Gasteiger partial charge in [0.05, 0.1) is 5.25 Å². The number of hydrogen-bond acceptors (Lipinski definition) is 7. The number of ether oxygens (including phenoxy) is 1. The molecule has 9 heteroatoms. The minimum atomic E-state index is -4.63. The number of esters is 1. The van der Waals surface area contributed by atoms with Crippen molar-refractivity contribution in [2.45, 2.75) is 173 Å². The smallest absolute Gasteiger partial charge is 0.748 e. The number of Topliss-reactive ketones (excluding diaryl/α,β-unsaturated/α-hetero) is 2. The molecule has 0 N–H and O–H groups in total. The van der Waals surface area contributed by atoms with Crippen molar-refractivity contribution in [1.82, 2.24) is 0 Å². The molecule has 0 fully saturated rings. The maximum Gasteiger partial charge on any atom is 1.00 e. The summed E-state index contributed by atoms with van der Waals surface area (Å²) in [6, 6.07) is 0. The first-order chi connectivity index (χ1) is 18.1. The molecule has 0 saturated heterocycles. The Balaban J connectivity index is 0. The Morgan fingerprint density at radius 2 is 1.00 bits per heavy atom. The molecule has 224 valence electrons. The van der Waals surface area contributed by atoms with Gasteiger partial charge < -0.3 is 18.9 Å². The molecule has 0 amide bonds. The van der Waals surface area contributed by atoms with Crippen LogP contribution in [0.5, 0.6) is 0 Å². The number of ketones is 2. The van der Waals surface area contributed by atoms with Gasteiger partial charge >= 0.3 is 35.5 Å². The van der Waals surface area contributed by atoms with Crippen molar-refractivity contribution in [1.29, 1.82) is 0 Å². The van der Waals surface area contributed by atoms with E-state index in [1.54, 1.807) is 13.8 Å². The van der Waals surface area contributed by atoms with E-state index in [2.05, 4.69) is 6.92 Å². The molecule has 0 spiro atoms. The molecule has 0 aliphatic rings. The van der Waals surface area contributed by atoms with Crippen molar-refractivity contribution >= 4 is 27.7 Å². The number of hydrogen-bond donors (Lipinski definition) is 0. The van der Waals surface area contributed by atoms with Crippen LogP contribution in [0.1, 0.15) is 162 Å². The van der Waals surface area contributed by atoms with E-state index in [1.807, 2.05) is 0 Å². The molecule has 0 radical (unpaired) electrons. The number of carbonyl (C=O) groups excluding carboxylic acids is 3. The van der Waals surface area contributed by atoms with Gasteiger partial charge in [0.1, 0.15) is 27.8 Å². The van der Waals surface area contributed by atoms with E-state index in [0.29, 0.717) is 38.5 Å². The fourth-order valence-corrected chi connectivity index (χ4v) is 5.81. The summed E-state index contributed by atoms with van der Waals surface area (Å²) in [4.78, 5) is 34.7. The van der Waals surface area contributed by atoms with Crippen molar-refractivity contribution in [2.75, 3.05) is 0 Å². The largest absolute Gasteiger partial charge is 1.00 e. The second-order valence-electron chi connectivity index (χ2n) is 10.9. The zero-order valence-corrected chi connectivity index (χ0v) is 28.3. The van der Waals surface area contributed by atoms with Gasteiger partial charge in [-0.3, -0.25) is 4.79 Å². The van der Waals surface area contributed by atoms with Gasteiger partial charge in [0.25, 0.3) is 0 Å². The molecule has 0 rings (SSSR count). The molecular formula is C30H55NaO7S. The predicted molar refractivity (Wildman–Crippen MR) is 152 cm³/mol. The van der Waals surface area contributed by atoms with E-state index in [0.717, 1.165) is 70.6 Å². The van der Waals surface area contributed by atoms with Gasteiger partial charge in [-0.15, -0.1) is 0 Å². The third-order valence-electron chi connectivity index (χ3n) is 7.09. The SMILES string of the molecule is CCCCCCCCCC(=O)OC(CCCCCCCC(C)=O)C(CCCCCCCC(C)=O)S(=O)(=O)[O-].[Na+].